The molecule has 2 N–H and O–H groups in total. The number of benzene rings is 1. The molecule has 1 aromatic rings. The number of hydrogen-bond donors (Lipinski definition) is 1. The Labute approximate surface area is 192 Å². The van der Waals surface area contributed by atoms with Gasteiger partial charge >= 0.3 is 0 Å². The molecule has 0 saturated carbocycles. The van der Waals surface area contributed by atoms with E-state index in [1.54, 1.807) is 0 Å². The highest BCUT2D eigenvalue weighted by Crippen LogP contribution is 2.36. The van der Waals surface area contributed by atoms with Crippen molar-refractivity contribution in [2.24, 2.45) is 5.73 Å². The molecular formula is C24H41N3O3S. The summed E-state index contributed by atoms with van der Waals surface area (Å²) >= 11 is 2.07. The summed E-state index contributed by atoms with van der Waals surface area (Å²) in [4.78, 5) is 14.2. The summed E-state index contributed by atoms with van der Waals surface area (Å²) in [6.07, 6.45) is 3.31. The molecule has 176 valence electrons. The van der Waals surface area contributed by atoms with Crippen molar-refractivity contribution < 1.29 is 14.3 Å². The molecule has 3 rings (SSSR count). The van der Waals surface area contributed by atoms with E-state index in [4.69, 9.17) is 9.47 Å². The van der Waals surface area contributed by atoms with Crippen LogP contribution in [0.2, 0.25) is 0 Å². The zero-order valence-electron chi connectivity index (χ0n) is 19.6. The van der Waals surface area contributed by atoms with E-state index in [2.05, 4.69) is 65.5 Å². The summed E-state index contributed by atoms with van der Waals surface area (Å²) in [7, 11) is 2.22. The number of amides is 1. The van der Waals surface area contributed by atoms with Gasteiger partial charge in [0.15, 0.2) is 0 Å². The molecule has 0 aromatic heterocycles. The number of likely N-dealkylation sites (N-methyl/N-ethyl adjacent to an activating group) is 1. The van der Waals surface area contributed by atoms with Crippen LogP contribution in [0, 0.1) is 0 Å². The first kappa shape index (κ1) is 26.0. The quantitative estimate of drug-likeness (QED) is 0.582. The molecular weight excluding hydrogens is 410 g/mol. The van der Waals surface area contributed by atoms with Crippen LogP contribution in [0.1, 0.15) is 38.7 Å². The number of carbonyl (C=O) groups is 1. The predicted molar refractivity (Wildman–Crippen MR) is 130 cm³/mol. The van der Waals surface area contributed by atoms with Crippen LogP contribution < -0.4 is 10.5 Å². The third-order valence-electron chi connectivity index (χ3n) is 6.02. The Morgan fingerprint density at radius 2 is 1.84 bits per heavy atom. The van der Waals surface area contributed by atoms with Gasteiger partial charge in [0.2, 0.25) is 5.91 Å². The van der Waals surface area contributed by atoms with Crippen LogP contribution in [0.15, 0.2) is 24.3 Å². The smallest absolute Gasteiger partial charge is 0.214 e. The number of primary amides is 1. The van der Waals surface area contributed by atoms with Crippen molar-refractivity contribution in [1.82, 2.24) is 9.80 Å². The number of rotatable bonds is 9. The van der Waals surface area contributed by atoms with Crippen LogP contribution in [-0.2, 0) is 14.9 Å². The minimum Gasteiger partial charge on any atom is -0.494 e. The molecule has 0 atom stereocenters. The fraction of sp³-hybridized carbons (Fsp3) is 0.708. The summed E-state index contributed by atoms with van der Waals surface area (Å²) in [6, 6.07) is 8.89. The fourth-order valence-electron chi connectivity index (χ4n) is 4.14. The van der Waals surface area contributed by atoms with Gasteiger partial charge in [-0.3, -0.25) is 4.79 Å². The molecule has 0 bridgehead atoms. The Morgan fingerprint density at radius 3 is 2.42 bits per heavy atom. The zero-order valence-corrected chi connectivity index (χ0v) is 20.4. The van der Waals surface area contributed by atoms with Crippen LogP contribution in [0.3, 0.4) is 0 Å². The van der Waals surface area contributed by atoms with Crippen LogP contribution in [0.25, 0.3) is 0 Å². The lowest BCUT2D eigenvalue weighted by Gasteiger charge is -2.40. The van der Waals surface area contributed by atoms with Crippen LogP contribution >= 0.6 is 11.8 Å². The molecule has 6 nitrogen and oxygen atoms in total. The molecule has 2 fully saturated rings. The van der Waals surface area contributed by atoms with Crippen molar-refractivity contribution in [2.45, 2.75) is 38.5 Å². The molecule has 0 spiro atoms. The average Bonchev–Trinajstić information content (AvgIpc) is 2.78. The SMILES string of the molecule is CC(N)=O.CCN(C)CC1(c2ccc(OCCCN3CCSCC3)cc2)CCOCC1. The lowest BCUT2D eigenvalue weighted by Crippen LogP contribution is -2.43. The summed E-state index contributed by atoms with van der Waals surface area (Å²) in [5, 5.41) is 0. The van der Waals surface area contributed by atoms with Gasteiger partial charge in [-0.15, -0.1) is 0 Å². The highest BCUT2D eigenvalue weighted by molar-refractivity contribution is 7.99. The lowest BCUT2D eigenvalue weighted by atomic mass is 9.73. The highest BCUT2D eigenvalue weighted by Gasteiger charge is 2.35. The van der Waals surface area contributed by atoms with Gasteiger partial charge in [0.25, 0.3) is 0 Å². The highest BCUT2D eigenvalue weighted by atomic mass is 32.2. The van der Waals surface area contributed by atoms with E-state index in [-0.39, 0.29) is 11.3 Å². The van der Waals surface area contributed by atoms with Crippen LogP contribution in [-0.4, -0.2) is 86.8 Å². The van der Waals surface area contributed by atoms with Crippen LogP contribution in [0.4, 0.5) is 0 Å². The van der Waals surface area contributed by atoms with Crippen molar-refractivity contribution in [3.8, 4) is 5.75 Å². The Morgan fingerprint density at radius 1 is 1.23 bits per heavy atom. The number of hydrogen-bond acceptors (Lipinski definition) is 6. The average molecular weight is 452 g/mol. The van der Waals surface area contributed by atoms with Gasteiger partial charge < -0.3 is 25.0 Å². The summed E-state index contributed by atoms with van der Waals surface area (Å²) in [5.41, 5.74) is 6.12. The summed E-state index contributed by atoms with van der Waals surface area (Å²) in [6.45, 7) is 11.9. The molecule has 2 aliphatic rings. The molecule has 31 heavy (non-hydrogen) atoms. The second kappa shape index (κ2) is 14.0. The number of ether oxygens (including phenoxy) is 2. The topological polar surface area (TPSA) is 68.0 Å². The number of nitrogens with two attached hydrogens (primary N) is 1. The normalized spacial score (nSPS) is 18.8. The third kappa shape index (κ3) is 9.39. The van der Waals surface area contributed by atoms with E-state index in [1.807, 2.05) is 0 Å². The predicted octanol–water partition coefficient (Wildman–Crippen LogP) is 3.00. The van der Waals surface area contributed by atoms with Crippen molar-refractivity contribution in [1.29, 1.82) is 0 Å². The summed E-state index contributed by atoms with van der Waals surface area (Å²) < 4.78 is 11.7. The Bertz CT molecular complexity index is 625. The van der Waals surface area contributed by atoms with E-state index in [9.17, 15) is 4.79 Å². The minimum atomic E-state index is -0.333. The van der Waals surface area contributed by atoms with Gasteiger partial charge in [0.1, 0.15) is 5.75 Å². The van der Waals surface area contributed by atoms with Gasteiger partial charge in [0, 0.05) is 63.2 Å². The molecule has 0 aliphatic carbocycles. The molecule has 2 saturated heterocycles. The maximum Gasteiger partial charge on any atom is 0.214 e. The van der Waals surface area contributed by atoms with Gasteiger partial charge in [-0.05, 0) is 50.6 Å². The molecule has 1 amide bonds. The van der Waals surface area contributed by atoms with Gasteiger partial charge in [-0.1, -0.05) is 19.1 Å². The van der Waals surface area contributed by atoms with E-state index < -0.39 is 0 Å². The van der Waals surface area contributed by atoms with E-state index >= 15 is 0 Å². The molecule has 2 heterocycles. The Hall–Kier alpha value is -1.28. The molecule has 1 aromatic carbocycles. The van der Waals surface area contributed by atoms with Crippen LogP contribution in [0.5, 0.6) is 5.75 Å². The van der Waals surface area contributed by atoms with E-state index in [0.717, 1.165) is 64.5 Å². The number of carbonyl (C=O) groups excluding carboxylic acids is 1. The maximum absolute atomic E-state index is 9.22. The van der Waals surface area contributed by atoms with Gasteiger partial charge in [0.05, 0.1) is 6.61 Å². The van der Waals surface area contributed by atoms with E-state index in [0.29, 0.717) is 0 Å². The molecule has 2 aliphatic heterocycles. The first-order chi connectivity index (χ1) is 14.9. The molecule has 7 heteroatoms. The molecule has 0 radical (unpaired) electrons. The zero-order chi connectivity index (χ0) is 22.5. The largest absolute Gasteiger partial charge is 0.494 e. The fourth-order valence-corrected chi connectivity index (χ4v) is 5.12. The Balaban J connectivity index is 0.000000785. The lowest BCUT2D eigenvalue weighted by molar-refractivity contribution is -0.115. The minimum absolute atomic E-state index is 0.216. The van der Waals surface area contributed by atoms with Crippen molar-refractivity contribution in [3.63, 3.8) is 0 Å². The first-order valence-corrected chi connectivity index (χ1v) is 12.7. The van der Waals surface area contributed by atoms with Gasteiger partial charge in [-0.25, -0.2) is 0 Å². The molecule has 0 unspecified atom stereocenters. The summed E-state index contributed by atoms with van der Waals surface area (Å²) in [5.74, 6) is 3.23. The van der Waals surface area contributed by atoms with Gasteiger partial charge in [-0.2, -0.15) is 11.8 Å². The second-order valence-corrected chi connectivity index (χ2v) is 9.74. The number of thioether (sulfide) groups is 1. The standard InChI is InChI=1S/C22H36N2O2S.C2H5NO/c1-3-23(2)19-22(9-15-25-16-10-22)20-5-7-21(8-6-20)26-14-4-11-24-12-17-27-18-13-24;1-2(3)4/h5-8H,3-4,9-19H2,1-2H3;1H3,(H2,3,4). The second-order valence-electron chi connectivity index (χ2n) is 8.51. The number of nitrogens with zero attached hydrogens (tertiary/aromatic N) is 2. The maximum atomic E-state index is 9.22. The van der Waals surface area contributed by atoms with Crippen molar-refractivity contribution >= 4 is 17.7 Å². The Kier molecular flexibility index (Phi) is 11.7. The van der Waals surface area contributed by atoms with E-state index in [1.165, 1.54) is 37.1 Å². The van der Waals surface area contributed by atoms with Crippen molar-refractivity contribution in [3.05, 3.63) is 29.8 Å². The third-order valence-corrected chi connectivity index (χ3v) is 6.96. The van der Waals surface area contributed by atoms with Crippen molar-refractivity contribution in [2.75, 3.05) is 71.1 Å². The first-order valence-electron chi connectivity index (χ1n) is 11.5. The monoisotopic (exact) mass is 451 g/mol.